The second kappa shape index (κ2) is 5.12. The third-order valence-corrected chi connectivity index (χ3v) is 3.15. The van der Waals surface area contributed by atoms with Gasteiger partial charge >= 0.3 is 5.97 Å². The van der Waals surface area contributed by atoms with Gasteiger partial charge in [-0.3, -0.25) is 4.79 Å². The molecule has 14 heavy (non-hydrogen) atoms. The smallest absolute Gasteiger partial charge is 0.307 e. The van der Waals surface area contributed by atoms with Crippen LogP contribution in [0.2, 0.25) is 0 Å². The topological polar surface area (TPSA) is 49.3 Å². The molecule has 0 radical (unpaired) electrons. The highest BCUT2D eigenvalue weighted by molar-refractivity contribution is 7.10. The van der Waals surface area contributed by atoms with E-state index >= 15 is 0 Å². The van der Waals surface area contributed by atoms with Gasteiger partial charge in [-0.25, -0.2) is 0 Å². The van der Waals surface area contributed by atoms with Crippen molar-refractivity contribution in [1.29, 1.82) is 0 Å². The Hall–Kier alpha value is -0.870. The standard InChI is InChI=1S/C10H15NO2S/c1-7-3-4-14-9(7)6-11-5-8(2)10(12)13/h3-4,8,11H,5-6H2,1-2H3,(H,12,13). The minimum atomic E-state index is -0.750. The summed E-state index contributed by atoms with van der Waals surface area (Å²) in [6, 6.07) is 2.07. The molecule has 0 saturated heterocycles. The van der Waals surface area contributed by atoms with Crippen LogP contribution in [0.4, 0.5) is 0 Å². The van der Waals surface area contributed by atoms with E-state index in [0.717, 1.165) is 6.54 Å². The Morgan fingerprint density at radius 1 is 1.71 bits per heavy atom. The zero-order valence-corrected chi connectivity index (χ0v) is 9.23. The maximum Gasteiger partial charge on any atom is 0.307 e. The van der Waals surface area contributed by atoms with Gasteiger partial charge in [0.2, 0.25) is 0 Å². The number of carboxylic acid groups (broad SMARTS) is 1. The van der Waals surface area contributed by atoms with Crippen LogP contribution in [0.3, 0.4) is 0 Å². The van der Waals surface area contributed by atoms with E-state index in [0.29, 0.717) is 6.54 Å². The van der Waals surface area contributed by atoms with Crippen molar-refractivity contribution in [2.45, 2.75) is 20.4 Å². The van der Waals surface area contributed by atoms with Crippen LogP contribution >= 0.6 is 11.3 Å². The van der Waals surface area contributed by atoms with Gasteiger partial charge in [0.05, 0.1) is 5.92 Å². The second-order valence-corrected chi connectivity index (χ2v) is 4.40. The summed E-state index contributed by atoms with van der Waals surface area (Å²) < 4.78 is 0. The van der Waals surface area contributed by atoms with Crippen LogP contribution in [0.1, 0.15) is 17.4 Å². The minimum absolute atomic E-state index is 0.324. The molecule has 0 fully saturated rings. The Bertz CT molecular complexity index is 309. The number of hydrogen-bond acceptors (Lipinski definition) is 3. The van der Waals surface area contributed by atoms with Gasteiger partial charge in [0.15, 0.2) is 0 Å². The van der Waals surface area contributed by atoms with Gasteiger partial charge in [0, 0.05) is 18.0 Å². The molecule has 0 spiro atoms. The van der Waals surface area contributed by atoms with Crippen LogP contribution in [0.5, 0.6) is 0 Å². The van der Waals surface area contributed by atoms with Crippen LogP contribution in [0.25, 0.3) is 0 Å². The molecule has 0 saturated carbocycles. The third kappa shape index (κ3) is 3.12. The predicted octanol–water partition coefficient (Wildman–Crippen LogP) is 1.87. The number of aryl methyl sites for hydroxylation is 1. The van der Waals surface area contributed by atoms with Gasteiger partial charge in [0.1, 0.15) is 0 Å². The number of hydrogen-bond donors (Lipinski definition) is 2. The number of rotatable bonds is 5. The molecule has 0 aliphatic rings. The van der Waals surface area contributed by atoms with Crippen LogP contribution in [0.15, 0.2) is 11.4 Å². The van der Waals surface area contributed by atoms with Gasteiger partial charge in [-0.15, -0.1) is 11.3 Å². The first-order valence-corrected chi connectivity index (χ1v) is 5.45. The first-order chi connectivity index (χ1) is 6.61. The SMILES string of the molecule is Cc1ccsc1CNCC(C)C(=O)O. The summed E-state index contributed by atoms with van der Waals surface area (Å²) in [6.07, 6.45) is 0. The average molecular weight is 213 g/mol. The van der Waals surface area contributed by atoms with Gasteiger partial charge in [-0.2, -0.15) is 0 Å². The Labute approximate surface area is 87.8 Å². The quantitative estimate of drug-likeness (QED) is 0.785. The molecule has 2 N–H and O–H groups in total. The molecule has 78 valence electrons. The number of nitrogens with one attached hydrogen (secondary N) is 1. The molecular formula is C10H15NO2S. The summed E-state index contributed by atoms with van der Waals surface area (Å²) in [4.78, 5) is 11.8. The lowest BCUT2D eigenvalue weighted by atomic mass is 10.2. The van der Waals surface area contributed by atoms with Crippen molar-refractivity contribution in [2.24, 2.45) is 5.92 Å². The number of thiophene rings is 1. The minimum Gasteiger partial charge on any atom is -0.481 e. The molecule has 0 bridgehead atoms. The molecule has 0 amide bonds. The summed E-state index contributed by atoms with van der Waals surface area (Å²) in [7, 11) is 0. The predicted molar refractivity (Wildman–Crippen MR) is 57.6 cm³/mol. The second-order valence-electron chi connectivity index (χ2n) is 3.40. The summed E-state index contributed by atoms with van der Waals surface area (Å²) in [5, 5.41) is 13.8. The zero-order chi connectivity index (χ0) is 10.6. The zero-order valence-electron chi connectivity index (χ0n) is 8.41. The maximum atomic E-state index is 10.5. The number of carbonyl (C=O) groups is 1. The molecule has 0 aromatic carbocycles. The van der Waals surface area contributed by atoms with Gasteiger partial charge in [-0.05, 0) is 23.9 Å². The van der Waals surface area contributed by atoms with Crippen molar-refractivity contribution >= 4 is 17.3 Å². The fourth-order valence-corrected chi connectivity index (χ4v) is 1.95. The number of aliphatic carboxylic acids is 1. The summed E-state index contributed by atoms with van der Waals surface area (Å²) >= 11 is 1.70. The average Bonchev–Trinajstić information content (AvgIpc) is 2.51. The lowest BCUT2D eigenvalue weighted by Gasteiger charge is -2.07. The first-order valence-electron chi connectivity index (χ1n) is 4.57. The van der Waals surface area contributed by atoms with Crippen molar-refractivity contribution < 1.29 is 9.90 Å². The summed E-state index contributed by atoms with van der Waals surface area (Å²) in [5.41, 5.74) is 1.27. The molecule has 1 aromatic heterocycles. The van der Waals surface area contributed by atoms with E-state index in [9.17, 15) is 4.79 Å². The monoisotopic (exact) mass is 213 g/mol. The molecule has 1 atom stereocenters. The number of carboxylic acids is 1. The van der Waals surface area contributed by atoms with Crippen molar-refractivity contribution in [1.82, 2.24) is 5.32 Å². The molecular weight excluding hydrogens is 198 g/mol. The molecule has 0 aliphatic heterocycles. The van der Waals surface area contributed by atoms with Gasteiger partial charge < -0.3 is 10.4 Å². The molecule has 0 aliphatic carbocycles. The van der Waals surface area contributed by atoms with E-state index in [1.165, 1.54) is 10.4 Å². The van der Waals surface area contributed by atoms with E-state index in [2.05, 4.69) is 18.3 Å². The van der Waals surface area contributed by atoms with Crippen LogP contribution in [-0.2, 0) is 11.3 Å². The van der Waals surface area contributed by atoms with E-state index in [1.807, 2.05) is 5.38 Å². The van der Waals surface area contributed by atoms with Gasteiger partial charge in [0.25, 0.3) is 0 Å². The Morgan fingerprint density at radius 2 is 2.43 bits per heavy atom. The van der Waals surface area contributed by atoms with Crippen molar-refractivity contribution in [3.8, 4) is 0 Å². The highest BCUT2D eigenvalue weighted by Crippen LogP contribution is 2.14. The highest BCUT2D eigenvalue weighted by Gasteiger charge is 2.09. The van der Waals surface area contributed by atoms with Crippen LogP contribution in [0, 0.1) is 12.8 Å². The third-order valence-electron chi connectivity index (χ3n) is 2.13. The van der Waals surface area contributed by atoms with Crippen molar-refractivity contribution in [2.75, 3.05) is 6.54 Å². The Morgan fingerprint density at radius 3 is 2.93 bits per heavy atom. The summed E-state index contributed by atoms with van der Waals surface area (Å²) in [6.45, 7) is 5.05. The molecule has 1 unspecified atom stereocenters. The van der Waals surface area contributed by atoms with E-state index in [-0.39, 0.29) is 5.92 Å². The summed E-state index contributed by atoms with van der Waals surface area (Å²) in [5.74, 6) is -1.07. The molecule has 1 rings (SSSR count). The lowest BCUT2D eigenvalue weighted by molar-refractivity contribution is -0.140. The highest BCUT2D eigenvalue weighted by atomic mass is 32.1. The molecule has 1 heterocycles. The van der Waals surface area contributed by atoms with Crippen molar-refractivity contribution in [3.63, 3.8) is 0 Å². The van der Waals surface area contributed by atoms with E-state index < -0.39 is 5.97 Å². The maximum absolute atomic E-state index is 10.5. The van der Waals surface area contributed by atoms with E-state index in [4.69, 9.17) is 5.11 Å². The molecule has 3 nitrogen and oxygen atoms in total. The largest absolute Gasteiger partial charge is 0.481 e. The van der Waals surface area contributed by atoms with E-state index in [1.54, 1.807) is 18.3 Å². The first kappa shape index (κ1) is 11.2. The van der Waals surface area contributed by atoms with Gasteiger partial charge in [-0.1, -0.05) is 6.92 Å². The normalized spacial score (nSPS) is 12.7. The lowest BCUT2D eigenvalue weighted by Crippen LogP contribution is -2.25. The fourth-order valence-electron chi connectivity index (χ4n) is 1.07. The van der Waals surface area contributed by atoms with Crippen molar-refractivity contribution in [3.05, 3.63) is 21.9 Å². The Balaban J connectivity index is 2.29. The molecule has 4 heteroatoms. The van der Waals surface area contributed by atoms with Crippen LogP contribution < -0.4 is 5.32 Å². The fraction of sp³-hybridized carbons (Fsp3) is 0.500. The van der Waals surface area contributed by atoms with Crippen LogP contribution in [-0.4, -0.2) is 17.6 Å². The molecule has 1 aromatic rings. The Kier molecular flexibility index (Phi) is 4.10.